The van der Waals surface area contributed by atoms with Crippen molar-refractivity contribution in [3.63, 3.8) is 0 Å². The summed E-state index contributed by atoms with van der Waals surface area (Å²) in [6.07, 6.45) is 0. The van der Waals surface area contributed by atoms with E-state index in [1.54, 1.807) is 0 Å². The van der Waals surface area contributed by atoms with Crippen molar-refractivity contribution < 1.29 is 9.47 Å². The first-order valence-corrected chi connectivity index (χ1v) is 7.14. The summed E-state index contributed by atoms with van der Waals surface area (Å²) < 4.78 is 10.8. The number of ether oxygens (including phenoxy) is 2. The molecule has 0 N–H and O–H groups in total. The van der Waals surface area contributed by atoms with E-state index >= 15 is 0 Å². The zero-order valence-electron chi connectivity index (χ0n) is 12.7. The number of hydrogen-bond acceptors (Lipinski definition) is 4. The van der Waals surface area contributed by atoms with Gasteiger partial charge in [-0.1, -0.05) is 6.07 Å². The lowest BCUT2D eigenvalue weighted by molar-refractivity contribution is 0.141. The van der Waals surface area contributed by atoms with E-state index in [0.717, 1.165) is 24.3 Å². The molecule has 0 saturated heterocycles. The van der Waals surface area contributed by atoms with E-state index in [2.05, 4.69) is 11.0 Å². The molecule has 1 aromatic carbocycles. The third-order valence-electron chi connectivity index (χ3n) is 3.03. The lowest BCUT2D eigenvalue weighted by Crippen LogP contribution is -2.31. The van der Waals surface area contributed by atoms with Crippen LogP contribution in [-0.4, -0.2) is 39.5 Å². The quantitative estimate of drug-likeness (QED) is 0.651. The fourth-order valence-electron chi connectivity index (χ4n) is 2.01. The largest absolute Gasteiger partial charge is 0.380 e. The summed E-state index contributed by atoms with van der Waals surface area (Å²) in [4.78, 5) is 2.16. The van der Waals surface area contributed by atoms with E-state index < -0.39 is 0 Å². The summed E-state index contributed by atoms with van der Waals surface area (Å²) in [6.45, 7) is 10.2. The minimum atomic E-state index is 0.654. The predicted molar refractivity (Wildman–Crippen MR) is 81.1 cm³/mol. The van der Waals surface area contributed by atoms with E-state index in [-0.39, 0.29) is 0 Å². The summed E-state index contributed by atoms with van der Waals surface area (Å²) in [5.41, 5.74) is 2.76. The van der Waals surface area contributed by atoms with Crippen LogP contribution >= 0.6 is 0 Å². The lowest BCUT2D eigenvalue weighted by atomic mass is 10.1. The Kier molecular flexibility index (Phi) is 7.71. The van der Waals surface area contributed by atoms with Gasteiger partial charge in [-0.2, -0.15) is 5.26 Å². The van der Waals surface area contributed by atoms with Crippen LogP contribution in [0.25, 0.3) is 0 Å². The van der Waals surface area contributed by atoms with Crippen molar-refractivity contribution in [3.8, 4) is 6.07 Å². The first-order valence-electron chi connectivity index (χ1n) is 7.14. The zero-order valence-corrected chi connectivity index (χ0v) is 12.7. The van der Waals surface area contributed by atoms with E-state index in [0.29, 0.717) is 32.0 Å². The maximum absolute atomic E-state index is 9.30. The topological polar surface area (TPSA) is 45.5 Å². The van der Waals surface area contributed by atoms with Crippen LogP contribution in [-0.2, 0) is 9.47 Å². The highest BCUT2D eigenvalue weighted by Gasteiger charge is 2.11. The van der Waals surface area contributed by atoms with Crippen molar-refractivity contribution in [2.24, 2.45) is 0 Å². The van der Waals surface area contributed by atoms with Gasteiger partial charge in [-0.3, -0.25) is 0 Å². The van der Waals surface area contributed by atoms with Gasteiger partial charge in [0.15, 0.2) is 0 Å². The molecular weight excluding hydrogens is 252 g/mol. The van der Waals surface area contributed by atoms with E-state index in [1.807, 2.05) is 39.0 Å². The average Bonchev–Trinajstić information content (AvgIpc) is 2.46. The smallest absolute Gasteiger partial charge is 0.101 e. The van der Waals surface area contributed by atoms with Crippen LogP contribution in [0.1, 0.15) is 25.0 Å². The summed E-state index contributed by atoms with van der Waals surface area (Å²) in [7, 11) is 0. The van der Waals surface area contributed by atoms with E-state index in [1.165, 1.54) is 0 Å². The molecule has 0 radical (unpaired) electrons. The lowest BCUT2D eigenvalue weighted by Gasteiger charge is -2.25. The molecule has 0 unspecified atom stereocenters. The van der Waals surface area contributed by atoms with Crippen LogP contribution in [0.3, 0.4) is 0 Å². The van der Waals surface area contributed by atoms with Crippen LogP contribution in [0, 0.1) is 18.3 Å². The average molecular weight is 276 g/mol. The highest BCUT2D eigenvalue weighted by atomic mass is 16.5. The van der Waals surface area contributed by atoms with Crippen LogP contribution in [0.5, 0.6) is 0 Å². The molecule has 0 aromatic heterocycles. The molecule has 110 valence electrons. The molecule has 4 nitrogen and oxygen atoms in total. The van der Waals surface area contributed by atoms with Crippen LogP contribution < -0.4 is 4.90 Å². The minimum Gasteiger partial charge on any atom is -0.380 e. The fraction of sp³-hybridized carbons (Fsp3) is 0.562. The molecule has 0 atom stereocenters. The molecule has 1 aromatic rings. The second kappa shape index (κ2) is 9.35. The van der Waals surface area contributed by atoms with Crippen molar-refractivity contribution in [1.29, 1.82) is 5.26 Å². The molecule has 0 spiro atoms. The second-order valence-electron chi connectivity index (χ2n) is 4.51. The van der Waals surface area contributed by atoms with Crippen molar-refractivity contribution in [2.75, 3.05) is 44.4 Å². The summed E-state index contributed by atoms with van der Waals surface area (Å²) in [5.74, 6) is 0. The molecule has 0 fully saturated rings. The number of rotatable bonds is 9. The Morgan fingerprint density at radius 3 is 2.20 bits per heavy atom. The Balaban J connectivity index is 2.82. The van der Waals surface area contributed by atoms with Gasteiger partial charge >= 0.3 is 0 Å². The van der Waals surface area contributed by atoms with Gasteiger partial charge in [0.05, 0.1) is 24.5 Å². The van der Waals surface area contributed by atoms with Gasteiger partial charge < -0.3 is 14.4 Å². The predicted octanol–water partition coefficient (Wildman–Crippen LogP) is 2.75. The maximum Gasteiger partial charge on any atom is 0.101 e. The minimum absolute atomic E-state index is 0.654. The second-order valence-corrected chi connectivity index (χ2v) is 4.51. The third kappa shape index (κ3) is 5.20. The van der Waals surface area contributed by atoms with Gasteiger partial charge in [-0.05, 0) is 38.5 Å². The molecule has 0 heterocycles. The van der Waals surface area contributed by atoms with Crippen LogP contribution in [0.15, 0.2) is 18.2 Å². The van der Waals surface area contributed by atoms with Gasteiger partial charge in [-0.25, -0.2) is 0 Å². The highest BCUT2D eigenvalue weighted by molar-refractivity contribution is 5.60. The first kappa shape index (κ1) is 16.5. The zero-order chi connectivity index (χ0) is 14.8. The molecular formula is C16H24N2O2. The maximum atomic E-state index is 9.30. The highest BCUT2D eigenvalue weighted by Crippen LogP contribution is 2.21. The standard InChI is InChI=1S/C16H24N2O2/c1-4-19-10-8-18(9-11-20-5-2)16-7-6-14(3)12-15(16)13-17/h6-7,12H,4-5,8-11H2,1-3H3. The van der Waals surface area contributed by atoms with Gasteiger partial charge in [0.1, 0.15) is 6.07 Å². The number of nitrogens with zero attached hydrogens (tertiary/aromatic N) is 2. The molecule has 0 saturated carbocycles. The van der Waals surface area contributed by atoms with Crippen molar-refractivity contribution in [2.45, 2.75) is 20.8 Å². The number of nitriles is 1. The monoisotopic (exact) mass is 276 g/mol. The third-order valence-corrected chi connectivity index (χ3v) is 3.03. The molecule has 0 aliphatic heterocycles. The first-order chi connectivity index (χ1) is 9.72. The van der Waals surface area contributed by atoms with Gasteiger partial charge in [0.2, 0.25) is 0 Å². The van der Waals surface area contributed by atoms with Gasteiger partial charge in [0.25, 0.3) is 0 Å². The number of hydrogen-bond donors (Lipinski definition) is 0. The Hall–Kier alpha value is -1.57. The Morgan fingerprint density at radius 1 is 1.10 bits per heavy atom. The van der Waals surface area contributed by atoms with Gasteiger partial charge in [0, 0.05) is 26.3 Å². The fourth-order valence-corrected chi connectivity index (χ4v) is 2.01. The number of benzene rings is 1. The van der Waals surface area contributed by atoms with Gasteiger partial charge in [-0.15, -0.1) is 0 Å². The van der Waals surface area contributed by atoms with Crippen molar-refractivity contribution >= 4 is 5.69 Å². The molecule has 4 heteroatoms. The Morgan fingerprint density at radius 2 is 1.70 bits per heavy atom. The Bertz CT molecular complexity index is 431. The van der Waals surface area contributed by atoms with Crippen LogP contribution in [0.2, 0.25) is 0 Å². The molecule has 0 amide bonds. The molecule has 1 rings (SSSR count). The normalized spacial score (nSPS) is 10.3. The summed E-state index contributed by atoms with van der Waals surface area (Å²) >= 11 is 0. The van der Waals surface area contributed by atoms with Crippen molar-refractivity contribution in [3.05, 3.63) is 29.3 Å². The summed E-state index contributed by atoms with van der Waals surface area (Å²) in [6, 6.07) is 8.23. The molecule has 0 aliphatic carbocycles. The Labute approximate surface area is 121 Å². The molecule has 0 aliphatic rings. The summed E-state index contributed by atoms with van der Waals surface area (Å²) in [5, 5.41) is 9.30. The SMILES string of the molecule is CCOCCN(CCOCC)c1ccc(C)cc1C#N. The van der Waals surface area contributed by atoms with Crippen molar-refractivity contribution in [1.82, 2.24) is 0 Å². The number of aryl methyl sites for hydroxylation is 1. The molecule has 0 bridgehead atoms. The molecule has 20 heavy (non-hydrogen) atoms. The van der Waals surface area contributed by atoms with Crippen LogP contribution in [0.4, 0.5) is 5.69 Å². The van der Waals surface area contributed by atoms with E-state index in [4.69, 9.17) is 9.47 Å². The number of anilines is 1. The van der Waals surface area contributed by atoms with E-state index in [9.17, 15) is 5.26 Å².